The summed E-state index contributed by atoms with van der Waals surface area (Å²) in [5.74, 6) is -2.68. The zero-order chi connectivity index (χ0) is 29.9. The molecule has 3 heterocycles. The molecule has 1 aromatic carbocycles. The molecule has 0 radical (unpaired) electrons. The standard InChI is InChI=1S/C32H43ClN2O6/c1-6-8-9-10-17-40-31(39)25-24-14-15-32(41-24)26(25)29(37)35(22(19-36)18-20(3)4)28(32)30(38)34(16-7-2)27-21(5)12-11-13-23(27)33/h6-7,11-13,20,22,24-26,28,36H,1-2,8-10,14-19H2,3-5H3/t22-,24+,25-,26+,28?,32?/m1/s1. The van der Waals surface area contributed by atoms with Gasteiger partial charge in [0.05, 0.1) is 47.9 Å². The summed E-state index contributed by atoms with van der Waals surface area (Å²) in [7, 11) is 0. The van der Waals surface area contributed by atoms with Crippen LogP contribution in [0, 0.1) is 24.7 Å². The largest absolute Gasteiger partial charge is 0.465 e. The number of fused-ring (bicyclic) bond motifs is 1. The Morgan fingerprint density at radius 1 is 1.29 bits per heavy atom. The number of nitrogens with zero attached hydrogens (tertiary/aromatic N) is 2. The molecule has 3 saturated heterocycles. The van der Waals surface area contributed by atoms with Crippen molar-refractivity contribution in [3.8, 4) is 0 Å². The minimum Gasteiger partial charge on any atom is -0.465 e. The van der Waals surface area contributed by atoms with Crippen molar-refractivity contribution >= 4 is 35.1 Å². The minimum absolute atomic E-state index is 0.150. The monoisotopic (exact) mass is 586 g/mol. The predicted octanol–water partition coefficient (Wildman–Crippen LogP) is 4.85. The second-order valence-corrected chi connectivity index (χ2v) is 12.3. The van der Waals surface area contributed by atoms with Crippen LogP contribution in [-0.4, -0.2) is 71.3 Å². The highest BCUT2D eigenvalue weighted by Crippen LogP contribution is 2.59. The molecule has 8 nitrogen and oxygen atoms in total. The van der Waals surface area contributed by atoms with Gasteiger partial charge in [-0.15, -0.1) is 13.2 Å². The van der Waals surface area contributed by atoms with Gasteiger partial charge in [0.1, 0.15) is 11.6 Å². The maximum Gasteiger partial charge on any atom is 0.312 e. The first kappa shape index (κ1) is 31.3. The number of hydrogen-bond acceptors (Lipinski definition) is 6. The summed E-state index contributed by atoms with van der Waals surface area (Å²) in [5.41, 5.74) is 0.136. The van der Waals surface area contributed by atoms with Gasteiger partial charge in [0.2, 0.25) is 5.91 Å². The van der Waals surface area contributed by atoms with Gasteiger partial charge < -0.3 is 24.4 Å². The number of unbranched alkanes of at least 4 members (excludes halogenated alkanes) is 2. The van der Waals surface area contributed by atoms with Crippen molar-refractivity contribution in [2.45, 2.75) is 83.1 Å². The van der Waals surface area contributed by atoms with Crippen molar-refractivity contribution in [3.63, 3.8) is 0 Å². The SMILES string of the molecule is C=CCCCCOC(=O)[C@@H]1[C@@H]2CCC3(O2)C(C(=O)N(CC=C)c2c(C)cccc2Cl)N([C@@H](CO)CC(C)C)C(=O)[C@H]13. The average Bonchev–Trinajstić information content (AvgIpc) is 3.58. The zero-order valence-corrected chi connectivity index (χ0v) is 25.1. The number of carbonyl (C=O) groups excluding carboxylic acids is 3. The van der Waals surface area contributed by atoms with E-state index in [-0.39, 0.29) is 37.5 Å². The third kappa shape index (κ3) is 5.71. The molecule has 3 aliphatic heterocycles. The number of aliphatic hydroxyl groups is 1. The van der Waals surface area contributed by atoms with Gasteiger partial charge in [-0.25, -0.2) is 0 Å². The summed E-state index contributed by atoms with van der Waals surface area (Å²) in [6.07, 6.45) is 6.80. The van der Waals surface area contributed by atoms with Crippen LogP contribution in [0.4, 0.5) is 5.69 Å². The Balaban J connectivity index is 1.75. The second-order valence-electron chi connectivity index (χ2n) is 11.9. The molecule has 3 fully saturated rings. The maximum absolute atomic E-state index is 14.7. The lowest BCUT2D eigenvalue weighted by Gasteiger charge is -2.40. The molecule has 2 unspecified atom stereocenters. The van der Waals surface area contributed by atoms with E-state index in [0.29, 0.717) is 36.4 Å². The van der Waals surface area contributed by atoms with Crippen LogP contribution in [0.25, 0.3) is 0 Å². The van der Waals surface area contributed by atoms with E-state index < -0.39 is 41.6 Å². The number of likely N-dealkylation sites (tertiary alicyclic amines) is 1. The van der Waals surface area contributed by atoms with Gasteiger partial charge in [0, 0.05) is 6.54 Å². The normalized spacial score (nSPS) is 27.2. The van der Waals surface area contributed by atoms with E-state index in [9.17, 15) is 19.5 Å². The fourth-order valence-electron chi connectivity index (χ4n) is 7.04. The number of esters is 1. The number of halogens is 1. The number of carbonyl (C=O) groups is 3. The molecule has 0 saturated carbocycles. The number of benzene rings is 1. The van der Waals surface area contributed by atoms with Crippen molar-refractivity contribution < 1.29 is 29.0 Å². The first-order valence-corrected chi connectivity index (χ1v) is 15.1. The van der Waals surface area contributed by atoms with Gasteiger partial charge in [0.25, 0.3) is 5.91 Å². The molecule has 0 aliphatic carbocycles. The molecule has 224 valence electrons. The summed E-state index contributed by atoms with van der Waals surface area (Å²) in [4.78, 5) is 45.6. The van der Waals surface area contributed by atoms with Gasteiger partial charge in [-0.2, -0.15) is 0 Å². The molecule has 1 aromatic rings. The van der Waals surface area contributed by atoms with Gasteiger partial charge in [-0.1, -0.05) is 49.7 Å². The quantitative estimate of drug-likeness (QED) is 0.190. The van der Waals surface area contributed by atoms with Crippen molar-refractivity contribution in [2.24, 2.45) is 17.8 Å². The Bertz CT molecular complexity index is 1150. The molecule has 1 N–H and O–H groups in total. The van der Waals surface area contributed by atoms with E-state index >= 15 is 0 Å². The molecule has 1 spiro atoms. The Labute approximate surface area is 248 Å². The highest BCUT2D eigenvalue weighted by Gasteiger charge is 2.75. The number of hydrogen-bond donors (Lipinski definition) is 1. The molecule has 0 aromatic heterocycles. The first-order valence-electron chi connectivity index (χ1n) is 14.7. The number of rotatable bonds is 14. The number of allylic oxidation sites excluding steroid dienone is 1. The van der Waals surface area contributed by atoms with E-state index in [1.807, 2.05) is 39.0 Å². The predicted molar refractivity (Wildman–Crippen MR) is 159 cm³/mol. The van der Waals surface area contributed by atoms with Gasteiger partial charge in [-0.3, -0.25) is 14.4 Å². The topological polar surface area (TPSA) is 96.4 Å². The summed E-state index contributed by atoms with van der Waals surface area (Å²) < 4.78 is 12.2. The molecule has 3 aliphatic rings. The van der Waals surface area contributed by atoms with E-state index in [2.05, 4.69) is 13.2 Å². The lowest BCUT2D eigenvalue weighted by Crippen LogP contribution is -2.59. The number of aryl methyl sites for hydroxylation is 1. The summed E-state index contributed by atoms with van der Waals surface area (Å²) in [6, 6.07) is 3.75. The lowest BCUT2D eigenvalue weighted by molar-refractivity contribution is -0.156. The van der Waals surface area contributed by atoms with Crippen molar-refractivity contribution in [2.75, 3.05) is 24.7 Å². The van der Waals surface area contributed by atoms with Crippen LogP contribution in [0.15, 0.2) is 43.5 Å². The third-order valence-corrected chi connectivity index (χ3v) is 8.98. The summed E-state index contributed by atoms with van der Waals surface area (Å²) in [5, 5.41) is 10.9. The van der Waals surface area contributed by atoms with E-state index in [1.54, 1.807) is 17.0 Å². The van der Waals surface area contributed by atoms with E-state index in [0.717, 1.165) is 18.4 Å². The highest BCUT2D eigenvalue weighted by atomic mass is 35.5. The molecule has 41 heavy (non-hydrogen) atoms. The maximum atomic E-state index is 14.7. The van der Waals surface area contributed by atoms with E-state index in [1.165, 1.54) is 4.90 Å². The number of ether oxygens (including phenoxy) is 2. The Morgan fingerprint density at radius 2 is 2.05 bits per heavy atom. The Morgan fingerprint density at radius 3 is 2.68 bits per heavy atom. The first-order chi connectivity index (χ1) is 19.6. The fourth-order valence-corrected chi connectivity index (χ4v) is 7.37. The molecule has 9 heteroatoms. The lowest BCUT2D eigenvalue weighted by atomic mass is 9.70. The summed E-state index contributed by atoms with van der Waals surface area (Å²) in [6.45, 7) is 13.6. The van der Waals surface area contributed by atoms with Crippen molar-refractivity contribution in [1.29, 1.82) is 0 Å². The van der Waals surface area contributed by atoms with Crippen LogP contribution in [0.1, 0.15) is 57.9 Å². The van der Waals surface area contributed by atoms with Gasteiger partial charge in [-0.05, 0) is 63.0 Å². The Kier molecular flexibility index (Phi) is 9.98. The minimum atomic E-state index is -1.20. The van der Waals surface area contributed by atoms with Crippen LogP contribution >= 0.6 is 11.6 Å². The zero-order valence-electron chi connectivity index (χ0n) is 24.4. The number of aliphatic hydroxyl groups excluding tert-OH is 1. The average molecular weight is 587 g/mol. The van der Waals surface area contributed by atoms with Crippen LogP contribution in [-0.2, 0) is 23.9 Å². The summed E-state index contributed by atoms with van der Waals surface area (Å²) >= 11 is 6.62. The van der Waals surface area contributed by atoms with Crippen molar-refractivity contribution in [1.82, 2.24) is 4.90 Å². The smallest absolute Gasteiger partial charge is 0.312 e. The van der Waals surface area contributed by atoms with Crippen molar-refractivity contribution in [3.05, 3.63) is 54.1 Å². The van der Waals surface area contributed by atoms with Gasteiger partial charge in [0.15, 0.2) is 0 Å². The molecule has 6 atom stereocenters. The number of amides is 2. The van der Waals surface area contributed by atoms with Crippen LogP contribution in [0.5, 0.6) is 0 Å². The molecule has 2 amide bonds. The fraction of sp³-hybridized carbons (Fsp3) is 0.594. The number of para-hydroxylation sites is 1. The van der Waals surface area contributed by atoms with Gasteiger partial charge >= 0.3 is 5.97 Å². The van der Waals surface area contributed by atoms with E-state index in [4.69, 9.17) is 21.1 Å². The van der Waals surface area contributed by atoms with Crippen LogP contribution in [0.2, 0.25) is 5.02 Å². The second kappa shape index (κ2) is 13.1. The number of anilines is 1. The molecule has 4 rings (SSSR count). The third-order valence-electron chi connectivity index (χ3n) is 8.67. The molecular formula is C32H43ClN2O6. The Hall–Kier alpha value is -2.68. The molecular weight excluding hydrogens is 544 g/mol. The molecule has 2 bridgehead atoms. The van der Waals surface area contributed by atoms with Crippen LogP contribution in [0.3, 0.4) is 0 Å². The highest BCUT2D eigenvalue weighted by molar-refractivity contribution is 6.34. The van der Waals surface area contributed by atoms with Crippen LogP contribution < -0.4 is 4.90 Å².